The van der Waals surface area contributed by atoms with Crippen LogP contribution in [0.15, 0.2) is 52.3 Å². The van der Waals surface area contributed by atoms with Crippen molar-refractivity contribution in [3.63, 3.8) is 0 Å². The molecule has 1 fully saturated rings. The molecular formula is C18H19N3O5S2. The van der Waals surface area contributed by atoms with Gasteiger partial charge in [0.25, 0.3) is 11.6 Å². The van der Waals surface area contributed by atoms with Gasteiger partial charge in [0.05, 0.1) is 14.7 Å². The first kappa shape index (κ1) is 20.3. The third kappa shape index (κ3) is 4.18. The summed E-state index contributed by atoms with van der Waals surface area (Å²) >= 11 is 1.22. The molecule has 0 atom stereocenters. The summed E-state index contributed by atoms with van der Waals surface area (Å²) in [4.78, 5) is 23.7. The second kappa shape index (κ2) is 8.29. The number of sulfonamides is 1. The van der Waals surface area contributed by atoms with Crippen molar-refractivity contribution in [2.24, 2.45) is 0 Å². The van der Waals surface area contributed by atoms with Gasteiger partial charge in [0.15, 0.2) is 0 Å². The molecule has 0 unspecified atom stereocenters. The fourth-order valence-corrected chi connectivity index (χ4v) is 5.10. The summed E-state index contributed by atoms with van der Waals surface area (Å²) in [5.74, 6) is -0.550. The molecule has 28 heavy (non-hydrogen) atoms. The number of carbonyl (C=O) groups excluding carboxylic acids is 1. The molecule has 1 aliphatic rings. The Morgan fingerprint density at radius 1 is 1.18 bits per heavy atom. The number of benzene rings is 2. The molecule has 2 aromatic carbocycles. The van der Waals surface area contributed by atoms with Crippen molar-refractivity contribution in [3.05, 3.63) is 58.1 Å². The lowest BCUT2D eigenvalue weighted by Crippen LogP contribution is -2.27. The predicted octanol–water partition coefficient (Wildman–Crippen LogP) is 3.35. The van der Waals surface area contributed by atoms with Gasteiger partial charge in [-0.2, -0.15) is 4.31 Å². The molecule has 1 N–H and O–H groups in total. The molecule has 10 heteroatoms. The van der Waals surface area contributed by atoms with Crippen LogP contribution < -0.4 is 5.32 Å². The summed E-state index contributed by atoms with van der Waals surface area (Å²) in [6.45, 7) is 0.981. The monoisotopic (exact) mass is 421 g/mol. The summed E-state index contributed by atoms with van der Waals surface area (Å²) in [5, 5.41) is 13.8. The van der Waals surface area contributed by atoms with Crippen molar-refractivity contribution in [1.82, 2.24) is 4.31 Å². The van der Waals surface area contributed by atoms with Gasteiger partial charge in [-0.05, 0) is 49.4 Å². The third-order valence-corrected chi connectivity index (χ3v) is 7.11. The van der Waals surface area contributed by atoms with Crippen LogP contribution in [0.5, 0.6) is 0 Å². The zero-order valence-electron chi connectivity index (χ0n) is 15.1. The Morgan fingerprint density at radius 2 is 1.89 bits per heavy atom. The summed E-state index contributed by atoms with van der Waals surface area (Å²) in [5.41, 5.74) is 0.282. The van der Waals surface area contributed by atoms with E-state index in [4.69, 9.17) is 0 Å². The van der Waals surface area contributed by atoms with Gasteiger partial charge in [-0.25, -0.2) is 8.42 Å². The average molecular weight is 422 g/mol. The Bertz CT molecular complexity index is 1020. The number of hydrogen-bond donors (Lipinski definition) is 1. The van der Waals surface area contributed by atoms with Crippen LogP contribution in [0.25, 0.3) is 0 Å². The molecule has 1 amide bonds. The first-order valence-electron chi connectivity index (χ1n) is 8.57. The largest absolute Gasteiger partial charge is 0.322 e. The number of nitrogens with zero attached hydrogens (tertiary/aromatic N) is 2. The number of nitro groups is 1. The summed E-state index contributed by atoms with van der Waals surface area (Å²) in [7, 11) is -3.60. The summed E-state index contributed by atoms with van der Waals surface area (Å²) in [6, 6.07) is 10.2. The molecule has 1 saturated heterocycles. The van der Waals surface area contributed by atoms with Crippen LogP contribution in [0.3, 0.4) is 0 Å². The smallest absolute Gasteiger partial charge is 0.283 e. The topological polar surface area (TPSA) is 110 Å². The molecule has 148 valence electrons. The van der Waals surface area contributed by atoms with Crippen molar-refractivity contribution < 1.29 is 18.1 Å². The normalized spacial score (nSPS) is 14.8. The van der Waals surface area contributed by atoms with Crippen molar-refractivity contribution in [2.45, 2.75) is 22.6 Å². The Kier molecular flexibility index (Phi) is 6.01. The lowest BCUT2D eigenvalue weighted by Gasteiger charge is -2.16. The van der Waals surface area contributed by atoms with Crippen LogP contribution >= 0.6 is 11.8 Å². The minimum atomic E-state index is -3.60. The fourth-order valence-electron chi connectivity index (χ4n) is 2.99. The van der Waals surface area contributed by atoms with Crippen LogP contribution in [-0.4, -0.2) is 42.9 Å². The fraction of sp³-hybridized carbons (Fsp3) is 0.278. The van der Waals surface area contributed by atoms with Gasteiger partial charge in [-0.15, -0.1) is 11.8 Å². The average Bonchev–Trinajstić information content (AvgIpc) is 3.23. The number of amides is 1. The SMILES string of the molecule is CSc1ccc(C(=O)Nc2cccc(S(=O)(=O)N3CCCC3)c2)cc1[N+](=O)[O-]. The van der Waals surface area contributed by atoms with E-state index in [0.717, 1.165) is 12.8 Å². The highest BCUT2D eigenvalue weighted by atomic mass is 32.2. The maximum Gasteiger partial charge on any atom is 0.283 e. The maximum absolute atomic E-state index is 12.7. The lowest BCUT2D eigenvalue weighted by atomic mass is 10.2. The Labute approximate surface area is 167 Å². The first-order chi connectivity index (χ1) is 13.3. The van der Waals surface area contributed by atoms with Gasteiger partial charge in [-0.1, -0.05) is 6.07 Å². The summed E-state index contributed by atoms with van der Waals surface area (Å²) < 4.78 is 26.8. The van der Waals surface area contributed by atoms with E-state index in [9.17, 15) is 23.3 Å². The highest BCUT2D eigenvalue weighted by Crippen LogP contribution is 2.29. The van der Waals surface area contributed by atoms with Gasteiger partial charge in [0.2, 0.25) is 10.0 Å². The van der Waals surface area contributed by atoms with E-state index in [1.807, 2.05) is 0 Å². The standard InChI is InChI=1S/C18H19N3O5S2/c1-27-17-8-7-13(11-16(17)21(23)24)18(22)19-14-5-4-6-15(12-14)28(25,26)20-9-2-3-10-20/h4-8,11-12H,2-3,9-10H2,1H3,(H,19,22). The molecule has 0 aliphatic carbocycles. The Morgan fingerprint density at radius 3 is 2.54 bits per heavy atom. The predicted molar refractivity (Wildman–Crippen MR) is 107 cm³/mol. The second-order valence-electron chi connectivity index (χ2n) is 6.24. The number of carbonyl (C=O) groups is 1. The van der Waals surface area contributed by atoms with Crippen molar-refractivity contribution in [3.8, 4) is 0 Å². The molecule has 0 spiro atoms. The van der Waals surface area contributed by atoms with Gasteiger partial charge in [-0.3, -0.25) is 14.9 Å². The number of nitro benzene ring substituents is 1. The number of nitrogens with one attached hydrogen (secondary N) is 1. The van der Waals surface area contributed by atoms with Crippen LogP contribution in [0.1, 0.15) is 23.2 Å². The maximum atomic E-state index is 12.7. The van der Waals surface area contributed by atoms with Gasteiger partial charge in [0.1, 0.15) is 0 Å². The van der Waals surface area contributed by atoms with Gasteiger partial charge < -0.3 is 5.32 Å². The second-order valence-corrected chi connectivity index (χ2v) is 9.02. The third-order valence-electron chi connectivity index (χ3n) is 4.43. The van der Waals surface area contributed by atoms with Gasteiger partial charge in [0, 0.05) is 30.4 Å². The van der Waals surface area contributed by atoms with Crippen LogP contribution in [0.2, 0.25) is 0 Å². The molecule has 1 aliphatic heterocycles. The number of anilines is 1. The molecule has 2 aromatic rings. The van der Waals surface area contributed by atoms with Gasteiger partial charge >= 0.3 is 0 Å². The summed E-state index contributed by atoms with van der Waals surface area (Å²) in [6.07, 6.45) is 3.38. The molecule has 0 saturated carbocycles. The number of hydrogen-bond acceptors (Lipinski definition) is 6. The van der Waals surface area contributed by atoms with Crippen LogP contribution in [0, 0.1) is 10.1 Å². The minimum absolute atomic E-state index is 0.107. The van der Waals surface area contributed by atoms with E-state index in [2.05, 4.69) is 5.32 Å². The molecule has 1 heterocycles. The number of rotatable bonds is 6. The van der Waals surface area contributed by atoms with E-state index in [1.54, 1.807) is 18.4 Å². The molecule has 8 nitrogen and oxygen atoms in total. The Hall–Kier alpha value is -2.43. The molecular weight excluding hydrogens is 402 g/mol. The molecule has 0 radical (unpaired) electrons. The quantitative estimate of drug-likeness (QED) is 0.435. The highest BCUT2D eigenvalue weighted by molar-refractivity contribution is 7.98. The lowest BCUT2D eigenvalue weighted by molar-refractivity contribution is -0.387. The van der Waals surface area contributed by atoms with Crippen LogP contribution in [-0.2, 0) is 10.0 Å². The van der Waals surface area contributed by atoms with E-state index in [1.165, 1.54) is 46.4 Å². The molecule has 3 rings (SSSR count). The highest BCUT2D eigenvalue weighted by Gasteiger charge is 2.27. The minimum Gasteiger partial charge on any atom is -0.322 e. The van der Waals surface area contributed by atoms with Crippen LogP contribution in [0.4, 0.5) is 11.4 Å². The number of thioether (sulfide) groups is 1. The Balaban J connectivity index is 1.83. The van der Waals surface area contributed by atoms with Crippen molar-refractivity contribution >= 4 is 39.1 Å². The van der Waals surface area contributed by atoms with E-state index in [-0.39, 0.29) is 16.1 Å². The van der Waals surface area contributed by atoms with Crippen molar-refractivity contribution in [2.75, 3.05) is 24.7 Å². The zero-order valence-corrected chi connectivity index (χ0v) is 16.8. The first-order valence-corrected chi connectivity index (χ1v) is 11.2. The zero-order chi connectivity index (χ0) is 20.3. The van der Waals surface area contributed by atoms with E-state index < -0.39 is 20.9 Å². The van der Waals surface area contributed by atoms with E-state index in [0.29, 0.717) is 23.7 Å². The molecule has 0 bridgehead atoms. The van der Waals surface area contributed by atoms with E-state index >= 15 is 0 Å². The molecule has 0 aromatic heterocycles. The van der Waals surface area contributed by atoms with Crippen molar-refractivity contribution in [1.29, 1.82) is 0 Å².